The number of carbonyl (C=O) groups excluding carboxylic acids is 2. The number of hydrogen-bond acceptors (Lipinski definition) is 6. The van der Waals surface area contributed by atoms with Crippen molar-refractivity contribution in [1.29, 1.82) is 0 Å². The third-order valence-corrected chi connectivity index (χ3v) is 4.66. The molecule has 0 fully saturated rings. The van der Waals surface area contributed by atoms with Crippen molar-refractivity contribution in [2.24, 2.45) is 0 Å². The van der Waals surface area contributed by atoms with Gasteiger partial charge >= 0.3 is 5.97 Å². The number of benzene rings is 2. The van der Waals surface area contributed by atoms with Gasteiger partial charge in [0.05, 0.1) is 5.75 Å². The second kappa shape index (κ2) is 8.77. The highest BCUT2D eigenvalue weighted by Crippen LogP contribution is 2.34. The normalized spacial score (nSPS) is 12.4. The summed E-state index contributed by atoms with van der Waals surface area (Å²) in [6.07, 6.45) is 0. The molecule has 2 aromatic carbocycles. The monoisotopic (exact) mass is 391 g/mol. The van der Waals surface area contributed by atoms with E-state index in [9.17, 15) is 14.0 Å². The molecule has 1 aliphatic heterocycles. The van der Waals surface area contributed by atoms with Crippen LogP contribution in [0.5, 0.6) is 11.5 Å². The van der Waals surface area contributed by atoms with Crippen LogP contribution in [0.3, 0.4) is 0 Å². The second-order valence-corrected chi connectivity index (χ2v) is 6.82. The molecule has 2 aromatic rings. The van der Waals surface area contributed by atoms with E-state index in [1.165, 1.54) is 17.8 Å². The maximum Gasteiger partial charge on any atom is 0.316 e. The van der Waals surface area contributed by atoms with Crippen LogP contribution in [0.1, 0.15) is 5.56 Å². The Hall–Kier alpha value is -2.74. The van der Waals surface area contributed by atoms with Crippen molar-refractivity contribution in [2.45, 2.75) is 11.8 Å². The number of carbonyl (C=O) groups is 2. The Morgan fingerprint density at radius 1 is 1.15 bits per heavy atom. The van der Waals surface area contributed by atoms with Gasteiger partial charge in [-0.3, -0.25) is 9.59 Å². The minimum absolute atomic E-state index is 0.0477. The number of nitrogens with one attached hydrogen (secondary N) is 1. The lowest BCUT2D eigenvalue weighted by atomic mass is 10.2. The molecular weight excluding hydrogens is 373 g/mol. The van der Waals surface area contributed by atoms with Crippen LogP contribution in [0, 0.1) is 12.7 Å². The summed E-state index contributed by atoms with van der Waals surface area (Å²) in [5, 5.41) is 2.48. The summed E-state index contributed by atoms with van der Waals surface area (Å²) in [5.74, 6) is -0.107. The highest BCUT2D eigenvalue weighted by atomic mass is 32.2. The molecule has 1 N–H and O–H groups in total. The van der Waals surface area contributed by atoms with Gasteiger partial charge in [0.15, 0.2) is 18.1 Å². The van der Waals surface area contributed by atoms with Crippen LogP contribution < -0.4 is 14.8 Å². The smallest absolute Gasteiger partial charge is 0.316 e. The number of halogens is 1. The molecule has 6 nitrogen and oxygen atoms in total. The number of aryl methyl sites for hydroxylation is 1. The first-order valence-corrected chi connectivity index (χ1v) is 9.24. The van der Waals surface area contributed by atoms with Gasteiger partial charge in [-0.2, -0.15) is 0 Å². The Morgan fingerprint density at radius 2 is 1.93 bits per heavy atom. The van der Waals surface area contributed by atoms with Gasteiger partial charge in [0.25, 0.3) is 5.91 Å². The Labute approximate surface area is 160 Å². The molecule has 0 bridgehead atoms. The van der Waals surface area contributed by atoms with Crippen molar-refractivity contribution in [3.63, 3.8) is 0 Å². The molecule has 27 heavy (non-hydrogen) atoms. The third kappa shape index (κ3) is 5.37. The minimum Gasteiger partial charge on any atom is -0.486 e. The molecule has 8 heteroatoms. The van der Waals surface area contributed by atoms with Gasteiger partial charge in [-0.05, 0) is 42.8 Å². The molecule has 0 saturated heterocycles. The van der Waals surface area contributed by atoms with Crippen LogP contribution >= 0.6 is 11.8 Å². The minimum atomic E-state index is -0.532. The van der Waals surface area contributed by atoms with Crippen LogP contribution in [-0.2, 0) is 14.3 Å². The zero-order valence-electron chi connectivity index (χ0n) is 14.6. The Balaban J connectivity index is 1.42. The lowest BCUT2D eigenvalue weighted by Gasteiger charge is -2.18. The fourth-order valence-electron chi connectivity index (χ4n) is 2.31. The first kappa shape index (κ1) is 19.0. The van der Waals surface area contributed by atoms with E-state index in [0.717, 1.165) is 4.90 Å². The van der Waals surface area contributed by atoms with E-state index in [2.05, 4.69) is 5.32 Å². The quantitative estimate of drug-likeness (QED) is 0.602. The largest absolute Gasteiger partial charge is 0.486 e. The van der Waals surface area contributed by atoms with Crippen molar-refractivity contribution in [2.75, 3.05) is 30.9 Å². The van der Waals surface area contributed by atoms with E-state index < -0.39 is 24.3 Å². The molecule has 0 radical (unpaired) electrons. The number of hydrogen-bond donors (Lipinski definition) is 1. The number of esters is 1. The molecule has 0 spiro atoms. The number of anilines is 1. The van der Waals surface area contributed by atoms with E-state index in [1.54, 1.807) is 31.2 Å². The molecule has 1 aliphatic rings. The molecule has 1 amide bonds. The van der Waals surface area contributed by atoms with Crippen LogP contribution in [-0.4, -0.2) is 37.4 Å². The predicted octanol–water partition coefficient (Wildman–Crippen LogP) is 3.18. The Bertz CT molecular complexity index is 858. The van der Waals surface area contributed by atoms with Crippen LogP contribution in [0.4, 0.5) is 10.1 Å². The maximum atomic E-state index is 13.5. The van der Waals surface area contributed by atoms with Crippen molar-refractivity contribution < 1.29 is 28.2 Å². The zero-order valence-corrected chi connectivity index (χ0v) is 15.4. The highest BCUT2D eigenvalue weighted by molar-refractivity contribution is 8.00. The summed E-state index contributed by atoms with van der Waals surface area (Å²) in [7, 11) is 0. The highest BCUT2D eigenvalue weighted by Gasteiger charge is 2.14. The summed E-state index contributed by atoms with van der Waals surface area (Å²) >= 11 is 1.27. The van der Waals surface area contributed by atoms with Crippen LogP contribution in [0.15, 0.2) is 41.3 Å². The molecule has 142 valence electrons. The summed E-state index contributed by atoms with van der Waals surface area (Å²) in [6.45, 7) is 2.20. The van der Waals surface area contributed by atoms with E-state index in [1.807, 2.05) is 6.07 Å². The Kier molecular flexibility index (Phi) is 6.18. The fourth-order valence-corrected chi connectivity index (χ4v) is 3.03. The van der Waals surface area contributed by atoms with E-state index in [0.29, 0.717) is 36.0 Å². The lowest BCUT2D eigenvalue weighted by molar-refractivity contribution is -0.144. The first-order chi connectivity index (χ1) is 13.0. The van der Waals surface area contributed by atoms with Gasteiger partial charge < -0.3 is 19.5 Å². The van der Waals surface area contributed by atoms with E-state index >= 15 is 0 Å². The molecule has 1 heterocycles. The fraction of sp³-hybridized carbons (Fsp3) is 0.263. The summed E-state index contributed by atoms with van der Waals surface area (Å²) < 4.78 is 29.3. The van der Waals surface area contributed by atoms with E-state index in [4.69, 9.17) is 14.2 Å². The van der Waals surface area contributed by atoms with Crippen LogP contribution in [0.25, 0.3) is 0 Å². The van der Waals surface area contributed by atoms with Gasteiger partial charge in [-0.15, -0.1) is 11.8 Å². The maximum absolute atomic E-state index is 13.5. The van der Waals surface area contributed by atoms with Gasteiger partial charge in [0.1, 0.15) is 19.0 Å². The molecular formula is C19H18FNO5S. The summed E-state index contributed by atoms with van der Waals surface area (Å²) in [6, 6.07) is 9.76. The molecule has 0 aliphatic carbocycles. The van der Waals surface area contributed by atoms with Crippen molar-refractivity contribution in [3.05, 3.63) is 47.8 Å². The zero-order chi connectivity index (χ0) is 19.2. The average molecular weight is 391 g/mol. The predicted molar refractivity (Wildman–Crippen MR) is 98.9 cm³/mol. The standard InChI is InChI=1S/C19H18FNO5S/c1-12-2-3-13(8-15(12)20)21-18(22)10-26-19(23)11-27-14-4-5-16-17(9-14)25-7-6-24-16/h2-5,8-9H,6-7,10-11H2,1H3,(H,21,22). The van der Waals surface area contributed by atoms with Gasteiger partial charge in [-0.25, -0.2) is 4.39 Å². The first-order valence-electron chi connectivity index (χ1n) is 8.25. The van der Waals surface area contributed by atoms with E-state index in [-0.39, 0.29) is 5.75 Å². The lowest BCUT2D eigenvalue weighted by Crippen LogP contribution is -2.21. The van der Waals surface area contributed by atoms with Gasteiger partial charge in [0.2, 0.25) is 0 Å². The summed E-state index contributed by atoms with van der Waals surface area (Å²) in [5.41, 5.74) is 0.792. The van der Waals surface area contributed by atoms with Crippen molar-refractivity contribution in [3.8, 4) is 11.5 Å². The number of ether oxygens (including phenoxy) is 3. The average Bonchev–Trinajstić information content (AvgIpc) is 2.67. The SMILES string of the molecule is Cc1ccc(NC(=O)COC(=O)CSc2ccc3c(c2)OCCO3)cc1F. The molecule has 0 aromatic heterocycles. The van der Waals surface area contributed by atoms with Crippen LogP contribution in [0.2, 0.25) is 0 Å². The molecule has 0 atom stereocenters. The molecule has 3 rings (SSSR count). The molecule has 0 saturated carbocycles. The Morgan fingerprint density at radius 3 is 2.70 bits per heavy atom. The topological polar surface area (TPSA) is 73.9 Å². The van der Waals surface area contributed by atoms with Gasteiger partial charge in [-0.1, -0.05) is 6.07 Å². The number of fused-ring (bicyclic) bond motifs is 1. The van der Waals surface area contributed by atoms with Crippen molar-refractivity contribution in [1.82, 2.24) is 0 Å². The molecule has 0 unspecified atom stereocenters. The third-order valence-electron chi connectivity index (χ3n) is 3.69. The summed E-state index contributed by atoms with van der Waals surface area (Å²) in [4.78, 5) is 24.5. The second-order valence-electron chi connectivity index (χ2n) is 5.77. The van der Waals surface area contributed by atoms with Crippen molar-refractivity contribution >= 4 is 29.3 Å². The number of amides is 1. The van der Waals surface area contributed by atoms with Gasteiger partial charge in [0, 0.05) is 10.6 Å². The number of rotatable bonds is 6. The number of thioether (sulfide) groups is 1.